The van der Waals surface area contributed by atoms with E-state index >= 15 is 0 Å². The minimum absolute atomic E-state index is 0.154. The molecule has 4 heteroatoms. The van der Waals surface area contributed by atoms with Gasteiger partial charge in [-0.15, -0.1) is 24.2 Å². The van der Waals surface area contributed by atoms with Gasteiger partial charge in [0, 0.05) is 16.1 Å². The van der Waals surface area contributed by atoms with E-state index in [0.717, 1.165) is 0 Å². The van der Waals surface area contributed by atoms with Crippen LogP contribution >= 0.6 is 24.2 Å². The predicted molar refractivity (Wildman–Crippen MR) is 57.8 cm³/mol. The van der Waals surface area contributed by atoms with Crippen molar-refractivity contribution in [2.45, 2.75) is 17.2 Å². The monoisotopic (exact) mass is 215 g/mol. The molecule has 0 saturated carbocycles. The number of hydrogen-bond acceptors (Lipinski definition) is 3. The number of rotatable bonds is 2. The predicted octanol–water partition coefficient (Wildman–Crippen LogP) is 2.37. The zero-order valence-electron chi connectivity index (χ0n) is 7.12. The summed E-state index contributed by atoms with van der Waals surface area (Å²) in [6.45, 7) is 1.63. The third-order valence-electron chi connectivity index (χ3n) is 1.69. The Morgan fingerprint density at radius 3 is 2.77 bits per heavy atom. The standard InChI is InChI=1S/C9H10ClNOS/c1-5(10)8(12)6-3-2-4-7(11)9(6)13/h2-5,13H,11H2,1H3. The molecule has 0 aliphatic rings. The second kappa shape index (κ2) is 4.03. The van der Waals surface area contributed by atoms with Crippen molar-refractivity contribution in [1.82, 2.24) is 0 Å². The number of ketones is 1. The molecule has 2 N–H and O–H groups in total. The van der Waals surface area contributed by atoms with E-state index in [1.807, 2.05) is 0 Å². The van der Waals surface area contributed by atoms with Crippen molar-refractivity contribution >= 4 is 35.7 Å². The van der Waals surface area contributed by atoms with Crippen LogP contribution < -0.4 is 5.73 Å². The molecule has 0 aliphatic heterocycles. The largest absolute Gasteiger partial charge is 0.398 e. The van der Waals surface area contributed by atoms with Crippen LogP contribution in [-0.2, 0) is 0 Å². The maximum atomic E-state index is 11.5. The second-order valence-electron chi connectivity index (χ2n) is 2.72. The maximum absolute atomic E-state index is 11.5. The molecule has 1 aromatic rings. The van der Waals surface area contributed by atoms with Crippen LogP contribution in [-0.4, -0.2) is 11.2 Å². The van der Waals surface area contributed by atoms with Crippen molar-refractivity contribution in [3.63, 3.8) is 0 Å². The first kappa shape index (κ1) is 10.4. The zero-order chi connectivity index (χ0) is 10.0. The molecule has 1 aromatic carbocycles. The Bertz CT molecular complexity index is 338. The first-order valence-corrected chi connectivity index (χ1v) is 4.68. The third-order valence-corrected chi connectivity index (χ3v) is 2.39. The molecule has 0 heterocycles. The summed E-state index contributed by atoms with van der Waals surface area (Å²) < 4.78 is 0. The Morgan fingerprint density at radius 1 is 1.62 bits per heavy atom. The van der Waals surface area contributed by atoms with Crippen molar-refractivity contribution in [2.75, 3.05) is 5.73 Å². The van der Waals surface area contributed by atoms with Gasteiger partial charge in [0.1, 0.15) is 0 Å². The molecule has 0 aromatic heterocycles. The first-order valence-electron chi connectivity index (χ1n) is 3.79. The van der Waals surface area contributed by atoms with Gasteiger partial charge in [-0.3, -0.25) is 4.79 Å². The van der Waals surface area contributed by atoms with Gasteiger partial charge in [-0.1, -0.05) is 12.1 Å². The van der Waals surface area contributed by atoms with E-state index in [4.69, 9.17) is 17.3 Å². The van der Waals surface area contributed by atoms with Gasteiger partial charge in [-0.05, 0) is 13.0 Å². The van der Waals surface area contributed by atoms with Gasteiger partial charge in [0.15, 0.2) is 5.78 Å². The lowest BCUT2D eigenvalue weighted by Gasteiger charge is -2.07. The van der Waals surface area contributed by atoms with Gasteiger partial charge in [-0.25, -0.2) is 0 Å². The molecule has 70 valence electrons. The van der Waals surface area contributed by atoms with Crippen molar-refractivity contribution in [1.29, 1.82) is 0 Å². The normalized spacial score (nSPS) is 12.5. The molecule has 0 amide bonds. The fourth-order valence-corrected chi connectivity index (χ4v) is 1.35. The second-order valence-corrected chi connectivity index (χ2v) is 3.83. The number of Topliss-reactive ketones (excluding diaryl/α,β-unsaturated/α-hetero) is 1. The summed E-state index contributed by atoms with van der Waals surface area (Å²) in [6, 6.07) is 5.07. The van der Waals surface area contributed by atoms with Crippen LogP contribution in [0.4, 0.5) is 5.69 Å². The molecule has 2 nitrogen and oxygen atoms in total. The van der Waals surface area contributed by atoms with Crippen LogP contribution in [0, 0.1) is 0 Å². The Hall–Kier alpha value is -0.670. The molecular weight excluding hydrogens is 206 g/mol. The molecular formula is C9H10ClNOS. The van der Waals surface area contributed by atoms with E-state index in [9.17, 15) is 4.79 Å². The number of benzene rings is 1. The van der Waals surface area contributed by atoms with Crippen molar-refractivity contribution in [2.24, 2.45) is 0 Å². The van der Waals surface area contributed by atoms with Gasteiger partial charge in [0.2, 0.25) is 0 Å². The highest BCUT2D eigenvalue weighted by Crippen LogP contribution is 2.23. The van der Waals surface area contributed by atoms with Gasteiger partial charge >= 0.3 is 0 Å². The molecule has 0 radical (unpaired) electrons. The summed E-state index contributed by atoms with van der Waals surface area (Å²) in [7, 11) is 0. The van der Waals surface area contributed by atoms with E-state index in [-0.39, 0.29) is 5.78 Å². The lowest BCUT2D eigenvalue weighted by molar-refractivity contribution is 0.0989. The lowest BCUT2D eigenvalue weighted by atomic mass is 10.1. The minimum atomic E-state index is -0.548. The maximum Gasteiger partial charge on any atom is 0.181 e. The number of alkyl halides is 1. The van der Waals surface area contributed by atoms with Crippen molar-refractivity contribution in [3.8, 4) is 0 Å². The van der Waals surface area contributed by atoms with Gasteiger partial charge in [-0.2, -0.15) is 0 Å². The van der Waals surface area contributed by atoms with E-state index in [2.05, 4.69) is 12.6 Å². The summed E-state index contributed by atoms with van der Waals surface area (Å²) in [4.78, 5) is 12.0. The highest BCUT2D eigenvalue weighted by molar-refractivity contribution is 7.80. The summed E-state index contributed by atoms with van der Waals surface area (Å²) in [5.41, 5.74) is 6.56. The molecule has 0 fully saturated rings. The fraction of sp³-hybridized carbons (Fsp3) is 0.222. The molecule has 0 bridgehead atoms. The van der Waals surface area contributed by atoms with Crippen LogP contribution in [0.5, 0.6) is 0 Å². The molecule has 13 heavy (non-hydrogen) atoms. The van der Waals surface area contributed by atoms with Crippen LogP contribution in [0.25, 0.3) is 0 Å². The average molecular weight is 216 g/mol. The number of nitrogen functional groups attached to an aromatic ring is 1. The summed E-state index contributed by atoms with van der Waals surface area (Å²) in [5, 5.41) is -0.548. The number of anilines is 1. The van der Waals surface area contributed by atoms with Crippen LogP contribution in [0.1, 0.15) is 17.3 Å². The quantitative estimate of drug-likeness (QED) is 0.344. The fourth-order valence-electron chi connectivity index (χ4n) is 0.974. The Labute approximate surface area is 87.5 Å². The summed E-state index contributed by atoms with van der Waals surface area (Å²) >= 11 is 9.80. The van der Waals surface area contributed by atoms with Crippen LogP contribution in [0.2, 0.25) is 0 Å². The number of thiol groups is 1. The molecule has 1 atom stereocenters. The number of halogens is 1. The Balaban J connectivity index is 3.15. The van der Waals surface area contributed by atoms with E-state index in [0.29, 0.717) is 16.1 Å². The van der Waals surface area contributed by atoms with E-state index < -0.39 is 5.38 Å². The smallest absolute Gasteiger partial charge is 0.181 e. The molecule has 0 spiro atoms. The van der Waals surface area contributed by atoms with E-state index in [1.54, 1.807) is 25.1 Å². The summed E-state index contributed by atoms with van der Waals surface area (Å²) in [6.07, 6.45) is 0. The third kappa shape index (κ3) is 2.17. The Morgan fingerprint density at radius 2 is 2.23 bits per heavy atom. The van der Waals surface area contributed by atoms with Crippen LogP contribution in [0.15, 0.2) is 23.1 Å². The molecule has 1 rings (SSSR count). The zero-order valence-corrected chi connectivity index (χ0v) is 8.77. The van der Waals surface area contributed by atoms with E-state index in [1.165, 1.54) is 0 Å². The van der Waals surface area contributed by atoms with Crippen molar-refractivity contribution < 1.29 is 4.79 Å². The Kier molecular flexibility index (Phi) is 3.22. The van der Waals surface area contributed by atoms with Gasteiger partial charge in [0.25, 0.3) is 0 Å². The first-order chi connectivity index (χ1) is 6.04. The molecule has 1 unspecified atom stereocenters. The SMILES string of the molecule is CC(Cl)C(=O)c1cccc(N)c1S. The number of hydrogen-bond donors (Lipinski definition) is 2. The average Bonchev–Trinajstić information content (AvgIpc) is 2.08. The number of carbonyl (C=O) groups excluding carboxylic acids is 1. The summed E-state index contributed by atoms with van der Waals surface area (Å²) in [5.74, 6) is -0.154. The molecule has 0 aliphatic carbocycles. The van der Waals surface area contributed by atoms with Gasteiger partial charge < -0.3 is 5.73 Å². The molecule has 0 saturated heterocycles. The van der Waals surface area contributed by atoms with Crippen molar-refractivity contribution in [3.05, 3.63) is 23.8 Å². The topological polar surface area (TPSA) is 43.1 Å². The van der Waals surface area contributed by atoms with Gasteiger partial charge in [0.05, 0.1) is 5.38 Å². The van der Waals surface area contributed by atoms with Crippen LogP contribution in [0.3, 0.4) is 0 Å². The highest BCUT2D eigenvalue weighted by atomic mass is 35.5. The minimum Gasteiger partial charge on any atom is -0.398 e. The lowest BCUT2D eigenvalue weighted by Crippen LogP contribution is -2.11. The number of carbonyl (C=O) groups is 1. The highest BCUT2D eigenvalue weighted by Gasteiger charge is 2.15. The number of nitrogens with two attached hydrogens (primary N) is 1.